The first kappa shape index (κ1) is 19.4. The molecule has 2 rings (SSSR count). The number of anilines is 2. The third kappa shape index (κ3) is 4.57. The first-order valence-corrected chi connectivity index (χ1v) is 7.35. The fraction of sp³-hybridized carbons (Fsp3) is 0.125. The molecular weight excluding hydrogens is 377 g/mol. The number of methoxy groups -OCH3 is 1. The van der Waals surface area contributed by atoms with E-state index in [1.165, 1.54) is 6.07 Å². The van der Waals surface area contributed by atoms with Crippen LogP contribution < -0.4 is 10.6 Å². The molecule has 138 valence electrons. The number of carbonyl (C=O) groups is 2. The Balaban J connectivity index is 2.16. The lowest BCUT2D eigenvalue weighted by Crippen LogP contribution is -2.20. The average Bonchev–Trinajstić information content (AvgIpc) is 2.56. The van der Waals surface area contributed by atoms with Gasteiger partial charge in [0.25, 0.3) is 0 Å². The lowest BCUT2D eigenvalue weighted by molar-refractivity contribution is -0.137. The van der Waals surface area contributed by atoms with Gasteiger partial charge in [-0.25, -0.2) is 9.59 Å². The first-order chi connectivity index (χ1) is 12.1. The van der Waals surface area contributed by atoms with Crippen molar-refractivity contribution in [3.05, 3.63) is 52.5 Å². The van der Waals surface area contributed by atoms with Crippen molar-refractivity contribution in [1.29, 1.82) is 0 Å². The second-order valence-electron chi connectivity index (χ2n) is 5.00. The van der Waals surface area contributed by atoms with Gasteiger partial charge in [-0.1, -0.05) is 17.7 Å². The summed E-state index contributed by atoms with van der Waals surface area (Å²) in [6, 6.07) is 5.21. The number of aromatic hydroxyl groups is 1. The number of hydrogen-bond donors (Lipinski definition) is 3. The Kier molecular flexibility index (Phi) is 5.61. The van der Waals surface area contributed by atoms with Crippen molar-refractivity contribution in [2.24, 2.45) is 0 Å². The summed E-state index contributed by atoms with van der Waals surface area (Å²) in [5.41, 5.74) is -1.29. The van der Waals surface area contributed by atoms with Gasteiger partial charge >= 0.3 is 18.2 Å². The van der Waals surface area contributed by atoms with Gasteiger partial charge in [0.05, 0.1) is 28.9 Å². The predicted octanol–water partition coefficient (Wildman–Crippen LogP) is 4.50. The highest BCUT2D eigenvalue weighted by Crippen LogP contribution is 2.32. The fourth-order valence-corrected chi connectivity index (χ4v) is 2.23. The van der Waals surface area contributed by atoms with E-state index in [0.29, 0.717) is 0 Å². The van der Waals surface area contributed by atoms with Gasteiger partial charge in [0.15, 0.2) is 0 Å². The molecule has 0 fully saturated rings. The van der Waals surface area contributed by atoms with Crippen molar-refractivity contribution in [2.75, 3.05) is 17.7 Å². The molecule has 6 nitrogen and oxygen atoms in total. The number of ether oxygens (including phenoxy) is 1. The van der Waals surface area contributed by atoms with E-state index >= 15 is 0 Å². The Labute approximate surface area is 150 Å². The number of phenols is 1. The summed E-state index contributed by atoms with van der Waals surface area (Å²) in [7, 11) is 1.13. The Morgan fingerprint density at radius 3 is 2.46 bits per heavy atom. The molecule has 0 aliphatic heterocycles. The molecule has 0 aliphatic carbocycles. The van der Waals surface area contributed by atoms with E-state index in [0.717, 1.165) is 37.4 Å². The summed E-state index contributed by atoms with van der Waals surface area (Å²) < 4.78 is 42.5. The SMILES string of the molecule is COC(=O)c1cc(O)c(NC(=O)Nc2cccc(C(F)(F)F)c2)cc1Cl. The minimum atomic E-state index is -4.55. The minimum Gasteiger partial charge on any atom is -0.506 e. The minimum absolute atomic E-state index is 0.0935. The molecule has 2 aromatic rings. The topological polar surface area (TPSA) is 87.7 Å². The molecular formula is C16H12ClF3N2O4. The second kappa shape index (κ2) is 7.52. The summed E-state index contributed by atoms with van der Waals surface area (Å²) >= 11 is 5.88. The van der Waals surface area contributed by atoms with Crippen LogP contribution in [-0.2, 0) is 10.9 Å². The van der Waals surface area contributed by atoms with Gasteiger partial charge in [-0.3, -0.25) is 0 Å². The van der Waals surface area contributed by atoms with Crippen molar-refractivity contribution >= 4 is 35.0 Å². The Morgan fingerprint density at radius 1 is 1.15 bits per heavy atom. The van der Waals surface area contributed by atoms with Crippen molar-refractivity contribution in [1.82, 2.24) is 0 Å². The maximum atomic E-state index is 12.7. The van der Waals surface area contributed by atoms with Crippen LogP contribution in [0.25, 0.3) is 0 Å². The molecule has 0 heterocycles. The Morgan fingerprint density at radius 2 is 1.85 bits per heavy atom. The number of halogens is 4. The maximum Gasteiger partial charge on any atom is 0.416 e. The van der Waals surface area contributed by atoms with Crippen LogP contribution in [0.3, 0.4) is 0 Å². The van der Waals surface area contributed by atoms with E-state index in [4.69, 9.17) is 11.6 Å². The zero-order valence-electron chi connectivity index (χ0n) is 13.1. The molecule has 0 spiro atoms. The number of hydrogen-bond acceptors (Lipinski definition) is 4. The fourth-order valence-electron chi connectivity index (χ4n) is 1.99. The maximum absolute atomic E-state index is 12.7. The summed E-state index contributed by atoms with van der Waals surface area (Å²) in [5, 5.41) is 14.2. The van der Waals surface area contributed by atoms with Crippen LogP contribution in [0, 0.1) is 0 Å². The summed E-state index contributed by atoms with van der Waals surface area (Å²) in [6.45, 7) is 0. The van der Waals surface area contributed by atoms with Gasteiger partial charge in [0, 0.05) is 5.69 Å². The van der Waals surface area contributed by atoms with E-state index in [-0.39, 0.29) is 22.0 Å². The largest absolute Gasteiger partial charge is 0.506 e. The van der Waals surface area contributed by atoms with Crippen LogP contribution >= 0.6 is 11.6 Å². The number of phenolic OH excluding ortho intramolecular Hbond substituents is 1. The van der Waals surface area contributed by atoms with Crippen molar-refractivity contribution in [2.45, 2.75) is 6.18 Å². The molecule has 0 aromatic heterocycles. The van der Waals surface area contributed by atoms with Crippen molar-refractivity contribution in [3.63, 3.8) is 0 Å². The quantitative estimate of drug-likeness (QED) is 0.534. The number of esters is 1. The van der Waals surface area contributed by atoms with E-state index < -0.39 is 29.5 Å². The molecule has 0 atom stereocenters. The smallest absolute Gasteiger partial charge is 0.416 e. The zero-order chi connectivity index (χ0) is 19.5. The normalized spacial score (nSPS) is 11.0. The third-order valence-corrected chi connectivity index (χ3v) is 3.50. The molecule has 2 amide bonds. The molecule has 0 saturated carbocycles. The standard InChI is InChI=1S/C16H12ClF3N2O4/c1-26-14(24)10-6-13(23)12(7-11(10)17)22-15(25)21-9-4-2-3-8(5-9)16(18,19)20/h2-7,23H,1H3,(H2,21,22,25). The zero-order valence-corrected chi connectivity index (χ0v) is 13.9. The van der Waals surface area contributed by atoms with Crippen LogP contribution in [0.15, 0.2) is 36.4 Å². The third-order valence-electron chi connectivity index (χ3n) is 3.19. The number of alkyl halides is 3. The Bertz CT molecular complexity index is 856. The number of rotatable bonds is 3. The van der Waals surface area contributed by atoms with Crippen LogP contribution in [0.2, 0.25) is 5.02 Å². The van der Waals surface area contributed by atoms with Gasteiger partial charge in [-0.15, -0.1) is 0 Å². The summed E-state index contributed by atoms with van der Waals surface area (Å²) in [4.78, 5) is 23.4. The van der Waals surface area contributed by atoms with E-state index in [2.05, 4.69) is 15.4 Å². The van der Waals surface area contributed by atoms with Crippen molar-refractivity contribution < 1.29 is 32.6 Å². The Hall–Kier alpha value is -2.94. The molecule has 0 bridgehead atoms. The number of urea groups is 1. The number of benzene rings is 2. The second-order valence-corrected chi connectivity index (χ2v) is 5.41. The molecule has 10 heteroatoms. The number of carbonyl (C=O) groups excluding carboxylic acids is 2. The molecule has 0 aliphatic rings. The highest BCUT2D eigenvalue weighted by atomic mass is 35.5. The highest BCUT2D eigenvalue weighted by Gasteiger charge is 2.30. The first-order valence-electron chi connectivity index (χ1n) is 6.98. The predicted molar refractivity (Wildman–Crippen MR) is 88.5 cm³/mol. The van der Waals surface area contributed by atoms with Crippen molar-refractivity contribution in [3.8, 4) is 5.75 Å². The van der Waals surface area contributed by atoms with Crippen LogP contribution in [0.1, 0.15) is 15.9 Å². The summed E-state index contributed by atoms with van der Waals surface area (Å²) in [5.74, 6) is -1.26. The van der Waals surface area contributed by atoms with Crippen LogP contribution in [-0.4, -0.2) is 24.2 Å². The molecule has 0 saturated heterocycles. The van der Waals surface area contributed by atoms with E-state index in [1.807, 2.05) is 0 Å². The van der Waals surface area contributed by atoms with Gasteiger partial charge in [-0.05, 0) is 30.3 Å². The average molecular weight is 389 g/mol. The van der Waals surface area contributed by atoms with Crippen LogP contribution in [0.5, 0.6) is 5.75 Å². The number of amides is 2. The van der Waals surface area contributed by atoms with Gasteiger partial charge < -0.3 is 20.5 Å². The highest BCUT2D eigenvalue weighted by molar-refractivity contribution is 6.34. The lowest BCUT2D eigenvalue weighted by Gasteiger charge is -2.12. The molecule has 0 unspecified atom stereocenters. The van der Waals surface area contributed by atoms with Gasteiger partial charge in [0.1, 0.15) is 5.75 Å². The molecule has 26 heavy (non-hydrogen) atoms. The molecule has 2 aromatic carbocycles. The van der Waals surface area contributed by atoms with Crippen LogP contribution in [0.4, 0.5) is 29.3 Å². The van der Waals surface area contributed by atoms with Gasteiger partial charge in [0.2, 0.25) is 0 Å². The van der Waals surface area contributed by atoms with Gasteiger partial charge in [-0.2, -0.15) is 13.2 Å². The number of nitrogens with one attached hydrogen (secondary N) is 2. The molecule has 3 N–H and O–H groups in total. The molecule has 0 radical (unpaired) electrons. The van der Waals surface area contributed by atoms with E-state index in [9.17, 15) is 27.9 Å². The summed E-state index contributed by atoms with van der Waals surface area (Å²) in [6.07, 6.45) is -4.55. The lowest BCUT2D eigenvalue weighted by atomic mass is 10.2. The van der Waals surface area contributed by atoms with E-state index in [1.54, 1.807) is 0 Å². The monoisotopic (exact) mass is 388 g/mol.